The quantitative estimate of drug-likeness (QED) is 0.181. The second kappa shape index (κ2) is 13.1. The van der Waals surface area contributed by atoms with Gasteiger partial charge in [-0.3, -0.25) is 0 Å². The van der Waals surface area contributed by atoms with E-state index in [0.717, 1.165) is 34.8 Å². The van der Waals surface area contributed by atoms with Crippen molar-refractivity contribution in [1.29, 1.82) is 0 Å². The Morgan fingerprint density at radius 3 is 2.09 bits per heavy atom. The van der Waals surface area contributed by atoms with Gasteiger partial charge in [-0.15, -0.1) is 0 Å². The van der Waals surface area contributed by atoms with Gasteiger partial charge in [0.05, 0.1) is 16.8 Å². The van der Waals surface area contributed by atoms with E-state index < -0.39 is 0 Å². The fourth-order valence-corrected chi connectivity index (χ4v) is 10.6. The van der Waals surface area contributed by atoms with Crippen LogP contribution in [0.25, 0.3) is 39.1 Å². The van der Waals surface area contributed by atoms with Crippen LogP contribution in [0.1, 0.15) is 70.4 Å². The number of allylic oxidation sites excluding steroid dienone is 12. The molecule has 0 N–H and O–H groups in total. The second-order valence-electron chi connectivity index (χ2n) is 16.0. The maximum atomic E-state index is 5.24. The molecule has 6 unspecified atom stereocenters. The summed E-state index contributed by atoms with van der Waals surface area (Å²) in [5.74, 6) is 1.89. The van der Waals surface area contributed by atoms with Crippen LogP contribution in [-0.2, 0) is 5.41 Å². The van der Waals surface area contributed by atoms with Crippen LogP contribution in [0.3, 0.4) is 0 Å². The lowest BCUT2D eigenvalue weighted by Gasteiger charge is -2.42. The third kappa shape index (κ3) is 4.95. The van der Waals surface area contributed by atoms with Gasteiger partial charge in [-0.2, -0.15) is 0 Å². The minimum Gasteiger partial charge on any atom is -0.232 e. The van der Waals surface area contributed by atoms with E-state index in [9.17, 15) is 0 Å². The van der Waals surface area contributed by atoms with Gasteiger partial charge in [0.2, 0.25) is 0 Å². The predicted octanol–water partition coefficient (Wildman–Crippen LogP) is 12.9. The lowest BCUT2D eigenvalue weighted by molar-refractivity contribution is 0.422. The van der Waals surface area contributed by atoms with Crippen molar-refractivity contribution in [2.75, 3.05) is 0 Å². The van der Waals surface area contributed by atoms with Crippen LogP contribution in [-0.4, -0.2) is 9.97 Å². The lowest BCUT2D eigenvalue weighted by atomic mass is 9.59. The van der Waals surface area contributed by atoms with Crippen molar-refractivity contribution < 1.29 is 0 Å². The van der Waals surface area contributed by atoms with Crippen molar-refractivity contribution in [2.45, 2.75) is 36.5 Å². The second-order valence-corrected chi connectivity index (χ2v) is 16.0. The molecule has 0 aliphatic heterocycles. The summed E-state index contributed by atoms with van der Waals surface area (Å²) in [6.07, 6.45) is 26.3. The number of fused-ring (bicyclic) bond motifs is 12. The maximum absolute atomic E-state index is 5.24. The summed E-state index contributed by atoms with van der Waals surface area (Å²) in [4.78, 5) is 10.4. The highest BCUT2D eigenvalue weighted by Gasteiger charge is 2.54. The van der Waals surface area contributed by atoms with Gasteiger partial charge >= 0.3 is 0 Å². The largest absolute Gasteiger partial charge is 0.232 e. The lowest BCUT2D eigenvalue weighted by Crippen LogP contribution is -2.38. The summed E-state index contributed by atoms with van der Waals surface area (Å²) in [5.41, 5.74) is 16.3. The summed E-state index contributed by atoms with van der Waals surface area (Å²) >= 11 is 0. The molecule has 6 aromatic rings. The normalized spacial score (nSPS) is 24.8. The van der Waals surface area contributed by atoms with E-state index in [4.69, 9.17) is 9.97 Å². The maximum Gasteiger partial charge on any atom is 0.159 e. The van der Waals surface area contributed by atoms with Crippen LogP contribution < -0.4 is 0 Å². The highest BCUT2D eigenvalue weighted by molar-refractivity contribution is 5.90. The molecule has 0 bridgehead atoms. The Labute approximate surface area is 329 Å². The van der Waals surface area contributed by atoms with Crippen molar-refractivity contribution in [3.05, 3.63) is 234 Å². The number of benzene rings is 5. The molecular formula is C54H42N2. The van der Waals surface area contributed by atoms with Crippen molar-refractivity contribution >= 4 is 5.57 Å². The van der Waals surface area contributed by atoms with Crippen LogP contribution in [0.15, 0.2) is 194 Å². The number of rotatable bonds is 4. The number of hydrogen-bond donors (Lipinski definition) is 0. The van der Waals surface area contributed by atoms with E-state index in [-0.39, 0.29) is 35.0 Å². The monoisotopic (exact) mass is 718 g/mol. The molecule has 2 nitrogen and oxygen atoms in total. The van der Waals surface area contributed by atoms with Crippen LogP contribution in [0, 0.1) is 11.8 Å². The topological polar surface area (TPSA) is 25.8 Å². The van der Waals surface area contributed by atoms with Crippen molar-refractivity contribution in [2.24, 2.45) is 11.8 Å². The van der Waals surface area contributed by atoms with E-state index in [1.54, 1.807) is 0 Å². The van der Waals surface area contributed by atoms with Gasteiger partial charge in [0, 0.05) is 34.8 Å². The van der Waals surface area contributed by atoms with Gasteiger partial charge in [-0.25, -0.2) is 9.97 Å². The average Bonchev–Trinajstić information content (AvgIpc) is 3.52. The molecular weight excluding hydrogens is 677 g/mol. The van der Waals surface area contributed by atoms with E-state index in [0.29, 0.717) is 0 Å². The zero-order valence-electron chi connectivity index (χ0n) is 31.5. The molecule has 1 heterocycles. The van der Waals surface area contributed by atoms with Gasteiger partial charge in [-0.1, -0.05) is 195 Å². The van der Waals surface area contributed by atoms with Gasteiger partial charge in [0.15, 0.2) is 5.82 Å². The minimum absolute atomic E-state index is 0.191. The first-order valence-corrected chi connectivity index (χ1v) is 20.2. The Hall–Kier alpha value is -6.38. The number of nitrogens with zero attached hydrogens (tertiary/aromatic N) is 2. The Balaban J connectivity index is 1.06. The summed E-state index contributed by atoms with van der Waals surface area (Å²) in [6.45, 7) is 2.36. The third-order valence-corrected chi connectivity index (χ3v) is 13.0. The smallest absolute Gasteiger partial charge is 0.159 e. The van der Waals surface area contributed by atoms with Crippen LogP contribution in [0.4, 0.5) is 0 Å². The Bertz CT molecular complexity index is 2720. The SMILES string of the molecule is CC1C=C(c2nc(-c3ccccc3)cc(C3C=CC=CC3)n2)C=CC1c1cccc2c1-c1ccccc1C21c2ccccc2-c2ccccc2C2C=CC=CC21. The van der Waals surface area contributed by atoms with Gasteiger partial charge in [-0.05, 0) is 68.5 Å². The molecule has 5 aliphatic rings. The van der Waals surface area contributed by atoms with Crippen LogP contribution in [0.2, 0.25) is 0 Å². The number of hydrogen-bond acceptors (Lipinski definition) is 2. The Kier molecular flexibility index (Phi) is 7.74. The first kappa shape index (κ1) is 33.0. The molecule has 1 aromatic heterocycles. The zero-order chi connectivity index (χ0) is 37.2. The molecule has 6 atom stereocenters. The molecule has 0 fully saturated rings. The van der Waals surface area contributed by atoms with Gasteiger partial charge < -0.3 is 0 Å². The van der Waals surface area contributed by atoms with Crippen molar-refractivity contribution in [3.8, 4) is 33.5 Å². The van der Waals surface area contributed by atoms with Gasteiger partial charge in [0.25, 0.3) is 0 Å². The van der Waals surface area contributed by atoms with E-state index >= 15 is 0 Å². The molecule has 0 saturated carbocycles. The standard InChI is InChI=1S/C54H42N2/c1-35-33-38(53-55-50(36-17-4-2-5-18-36)34-51(56-53)37-19-6-3-7-20-37)31-32-39(35)44-26-16-30-49-52(44)45-25-12-15-29-48(45)54(49)46-27-13-10-23-42(46)40-21-8-9-22-41(40)43-24-11-14-28-47(43)54/h2-19,21-35,37,39,42,46H,20H2,1H3. The molecule has 0 amide bonds. The van der Waals surface area contributed by atoms with Gasteiger partial charge in [0.1, 0.15) is 0 Å². The van der Waals surface area contributed by atoms with Crippen molar-refractivity contribution in [3.63, 3.8) is 0 Å². The third-order valence-electron chi connectivity index (χ3n) is 13.0. The molecule has 268 valence electrons. The van der Waals surface area contributed by atoms with E-state index in [1.807, 2.05) is 0 Å². The Morgan fingerprint density at radius 1 is 0.571 bits per heavy atom. The molecule has 1 spiro atoms. The summed E-state index contributed by atoms with van der Waals surface area (Å²) in [7, 11) is 0. The summed E-state index contributed by atoms with van der Waals surface area (Å²) in [5, 5.41) is 0. The first-order chi connectivity index (χ1) is 27.7. The zero-order valence-corrected chi connectivity index (χ0v) is 31.5. The average molecular weight is 719 g/mol. The fourth-order valence-electron chi connectivity index (χ4n) is 10.6. The molecule has 11 rings (SSSR count). The van der Waals surface area contributed by atoms with Crippen molar-refractivity contribution in [1.82, 2.24) is 9.97 Å². The molecule has 56 heavy (non-hydrogen) atoms. The predicted molar refractivity (Wildman–Crippen MR) is 230 cm³/mol. The van der Waals surface area contributed by atoms with Crippen LogP contribution >= 0.6 is 0 Å². The first-order valence-electron chi connectivity index (χ1n) is 20.2. The Morgan fingerprint density at radius 2 is 1.27 bits per heavy atom. The molecule has 0 saturated heterocycles. The highest BCUT2D eigenvalue weighted by Crippen LogP contribution is 2.64. The fraction of sp³-hybridized carbons (Fsp3) is 0.148. The molecule has 2 heteroatoms. The summed E-state index contributed by atoms with van der Waals surface area (Å²) in [6, 6.07) is 47.4. The van der Waals surface area contributed by atoms with E-state index in [1.165, 1.54) is 50.1 Å². The molecule has 0 radical (unpaired) electrons. The van der Waals surface area contributed by atoms with E-state index in [2.05, 4.69) is 201 Å². The minimum atomic E-state index is -0.364. The molecule has 5 aliphatic carbocycles. The molecule has 5 aromatic carbocycles. The highest BCUT2D eigenvalue weighted by atomic mass is 14.9. The summed E-state index contributed by atoms with van der Waals surface area (Å²) < 4.78 is 0. The van der Waals surface area contributed by atoms with Crippen LogP contribution in [0.5, 0.6) is 0 Å². The number of aromatic nitrogens is 2.